The van der Waals surface area contributed by atoms with E-state index in [0.29, 0.717) is 10.8 Å². The Labute approximate surface area is 169 Å². The molecule has 0 unspecified atom stereocenters. The second-order valence-electron chi connectivity index (χ2n) is 6.25. The Bertz CT molecular complexity index is 922. The van der Waals surface area contributed by atoms with Crippen molar-refractivity contribution in [3.63, 3.8) is 0 Å². The van der Waals surface area contributed by atoms with Gasteiger partial charge in [-0.15, -0.1) is 11.8 Å². The van der Waals surface area contributed by atoms with Crippen LogP contribution in [0.1, 0.15) is 26.7 Å². The number of benzene rings is 1. The number of hydrogen-bond acceptors (Lipinski definition) is 5. The van der Waals surface area contributed by atoms with E-state index in [9.17, 15) is 0 Å². The van der Waals surface area contributed by atoms with Gasteiger partial charge >= 0.3 is 0 Å². The quantitative estimate of drug-likeness (QED) is 0.470. The number of rotatable bonds is 8. The van der Waals surface area contributed by atoms with Crippen LogP contribution in [0.2, 0.25) is 5.02 Å². The van der Waals surface area contributed by atoms with Crippen molar-refractivity contribution in [3.8, 4) is 17.0 Å². The lowest BCUT2D eigenvalue weighted by molar-refractivity contribution is 0.416. The molecule has 0 aliphatic rings. The van der Waals surface area contributed by atoms with Crippen LogP contribution in [0.25, 0.3) is 16.9 Å². The fourth-order valence-electron chi connectivity index (χ4n) is 3.28. The van der Waals surface area contributed by atoms with Crippen LogP contribution in [0.5, 0.6) is 5.75 Å². The molecular weight excluding hydrogens is 380 g/mol. The highest BCUT2D eigenvalue weighted by atomic mass is 35.5. The summed E-state index contributed by atoms with van der Waals surface area (Å²) in [5, 5.41) is 1.65. The lowest BCUT2D eigenvalue weighted by Crippen LogP contribution is -2.26. The molecule has 144 valence electrons. The Morgan fingerprint density at radius 2 is 1.96 bits per heavy atom. The number of halogens is 1. The molecular formula is C20H25ClN4OS. The monoisotopic (exact) mass is 404 g/mol. The van der Waals surface area contributed by atoms with E-state index < -0.39 is 0 Å². The number of imidazole rings is 1. The number of fused-ring (bicyclic) bond motifs is 1. The maximum absolute atomic E-state index is 6.13. The molecule has 0 radical (unpaired) electrons. The van der Waals surface area contributed by atoms with E-state index in [0.717, 1.165) is 53.7 Å². The molecule has 0 bridgehead atoms. The molecule has 2 heterocycles. The summed E-state index contributed by atoms with van der Waals surface area (Å²) >= 11 is 7.80. The second-order valence-corrected chi connectivity index (χ2v) is 7.48. The van der Waals surface area contributed by atoms with Gasteiger partial charge in [0.15, 0.2) is 5.65 Å². The average molecular weight is 405 g/mol. The van der Waals surface area contributed by atoms with Crippen molar-refractivity contribution >= 4 is 34.8 Å². The van der Waals surface area contributed by atoms with Gasteiger partial charge < -0.3 is 9.64 Å². The van der Waals surface area contributed by atoms with Gasteiger partial charge in [0.05, 0.1) is 7.11 Å². The van der Waals surface area contributed by atoms with E-state index in [1.807, 2.05) is 30.6 Å². The summed E-state index contributed by atoms with van der Waals surface area (Å²) < 4.78 is 7.69. The van der Waals surface area contributed by atoms with Gasteiger partial charge in [0.2, 0.25) is 0 Å². The minimum absolute atomic E-state index is 0.633. The summed E-state index contributed by atoms with van der Waals surface area (Å²) in [5.41, 5.74) is 2.50. The molecule has 0 atom stereocenters. The van der Waals surface area contributed by atoms with Crippen LogP contribution in [0.3, 0.4) is 0 Å². The van der Waals surface area contributed by atoms with Crippen molar-refractivity contribution in [1.29, 1.82) is 0 Å². The molecule has 3 rings (SSSR count). The predicted octanol–water partition coefficient (Wildman–Crippen LogP) is 5.41. The van der Waals surface area contributed by atoms with Gasteiger partial charge in [0, 0.05) is 36.1 Å². The van der Waals surface area contributed by atoms with E-state index in [4.69, 9.17) is 21.3 Å². The van der Waals surface area contributed by atoms with Crippen molar-refractivity contribution in [3.05, 3.63) is 35.6 Å². The van der Waals surface area contributed by atoms with Crippen molar-refractivity contribution in [2.45, 2.75) is 31.7 Å². The minimum atomic E-state index is 0.633. The summed E-state index contributed by atoms with van der Waals surface area (Å²) in [4.78, 5) is 12.0. The third kappa shape index (κ3) is 3.87. The number of aromatic nitrogens is 3. The normalized spacial score (nSPS) is 11.1. The first kappa shape index (κ1) is 19.8. The number of hydrogen-bond donors (Lipinski definition) is 0. The predicted molar refractivity (Wildman–Crippen MR) is 115 cm³/mol. The number of methoxy groups -OCH3 is 1. The summed E-state index contributed by atoms with van der Waals surface area (Å²) in [6.45, 7) is 6.40. The second kappa shape index (κ2) is 8.85. The van der Waals surface area contributed by atoms with E-state index in [-0.39, 0.29) is 0 Å². The summed E-state index contributed by atoms with van der Waals surface area (Å²) in [7, 11) is 1.64. The van der Waals surface area contributed by atoms with Crippen LogP contribution in [0, 0.1) is 0 Å². The van der Waals surface area contributed by atoms with Crippen LogP contribution < -0.4 is 9.64 Å². The lowest BCUT2D eigenvalue weighted by atomic mass is 10.1. The molecule has 0 amide bonds. The van der Waals surface area contributed by atoms with Crippen molar-refractivity contribution in [1.82, 2.24) is 14.4 Å². The third-order valence-electron chi connectivity index (χ3n) is 4.38. The Morgan fingerprint density at radius 3 is 2.59 bits per heavy atom. The Morgan fingerprint density at radius 1 is 1.22 bits per heavy atom. The number of nitrogens with zero attached hydrogens (tertiary/aromatic N) is 4. The van der Waals surface area contributed by atoms with Crippen LogP contribution >= 0.6 is 23.4 Å². The molecule has 3 aromatic rings. The van der Waals surface area contributed by atoms with E-state index in [1.54, 1.807) is 18.9 Å². The molecule has 0 saturated carbocycles. The molecule has 0 saturated heterocycles. The zero-order chi connectivity index (χ0) is 19.4. The topological polar surface area (TPSA) is 42.7 Å². The van der Waals surface area contributed by atoms with Crippen LogP contribution in [0.15, 0.2) is 35.6 Å². The van der Waals surface area contributed by atoms with Crippen molar-refractivity contribution in [2.24, 2.45) is 0 Å². The molecule has 0 aliphatic heterocycles. The SMILES string of the molecule is CCCN(CCC)c1c(SC)nc2c(-c3ccc(Cl)cc3OC)nccn12. The minimum Gasteiger partial charge on any atom is -0.496 e. The Balaban J connectivity index is 2.24. The van der Waals surface area contributed by atoms with Crippen LogP contribution in [0.4, 0.5) is 5.82 Å². The molecule has 0 aliphatic carbocycles. The Hall–Kier alpha value is -1.92. The van der Waals surface area contributed by atoms with Gasteiger partial charge in [-0.2, -0.15) is 0 Å². The molecule has 0 fully saturated rings. The summed E-state index contributed by atoms with van der Waals surface area (Å²) in [5.74, 6) is 1.83. The molecule has 0 spiro atoms. The Kier molecular flexibility index (Phi) is 6.50. The van der Waals surface area contributed by atoms with Gasteiger partial charge in [-0.1, -0.05) is 25.4 Å². The zero-order valence-electron chi connectivity index (χ0n) is 16.2. The highest BCUT2D eigenvalue weighted by molar-refractivity contribution is 7.98. The highest BCUT2D eigenvalue weighted by Crippen LogP contribution is 2.37. The van der Waals surface area contributed by atoms with E-state index in [2.05, 4.69) is 34.4 Å². The van der Waals surface area contributed by atoms with E-state index >= 15 is 0 Å². The summed E-state index contributed by atoms with van der Waals surface area (Å²) in [6.07, 6.45) is 8.05. The fourth-order valence-corrected chi connectivity index (χ4v) is 4.03. The third-order valence-corrected chi connectivity index (χ3v) is 5.28. The number of ether oxygens (including phenoxy) is 1. The first-order valence-electron chi connectivity index (χ1n) is 9.14. The van der Waals surface area contributed by atoms with Gasteiger partial charge in [0.1, 0.15) is 22.3 Å². The van der Waals surface area contributed by atoms with Gasteiger partial charge in [-0.3, -0.25) is 9.38 Å². The molecule has 7 heteroatoms. The highest BCUT2D eigenvalue weighted by Gasteiger charge is 2.21. The molecule has 0 N–H and O–H groups in total. The van der Waals surface area contributed by atoms with Crippen LogP contribution in [-0.2, 0) is 0 Å². The van der Waals surface area contributed by atoms with Gasteiger partial charge in [0.25, 0.3) is 0 Å². The standard InChI is InChI=1S/C20H25ClN4OS/c1-5-10-24(11-6-2)20-19(27-4)23-18-17(22-9-12-25(18)20)15-8-7-14(21)13-16(15)26-3/h7-9,12-13H,5-6,10-11H2,1-4H3. The lowest BCUT2D eigenvalue weighted by Gasteiger charge is -2.24. The van der Waals surface area contributed by atoms with Crippen molar-refractivity contribution in [2.75, 3.05) is 31.4 Å². The largest absolute Gasteiger partial charge is 0.496 e. The maximum atomic E-state index is 6.13. The molecule has 27 heavy (non-hydrogen) atoms. The zero-order valence-corrected chi connectivity index (χ0v) is 17.8. The molecule has 5 nitrogen and oxygen atoms in total. The van der Waals surface area contributed by atoms with Crippen molar-refractivity contribution < 1.29 is 4.74 Å². The average Bonchev–Trinajstić information content (AvgIpc) is 3.06. The molecule has 1 aromatic carbocycles. The van der Waals surface area contributed by atoms with E-state index in [1.165, 1.54) is 0 Å². The first-order chi connectivity index (χ1) is 13.1. The summed E-state index contributed by atoms with van der Waals surface area (Å²) in [6, 6.07) is 5.60. The number of thioether (sulfide) groups is 1. The van der Waals surface area contributed by atoms with Gasteiger partial charge in [-0.25, -0.2) is 4.98 Å². The maximum Gasteiger partial charge on any atom is 0.166 e. The molecule has 2 aromatic heterocycles. The van der Waals surface area contributed by atoms with Crippen LogP contribution in [-0.4, -0.2) is 40.8 Å². The first-order valence-corrected chi connectivity index (χ1v) is 10.7. The number of anilines is 1. The fraction of sp³-hybridized carbons (Fsp3) is 0.400. The smallest absolute Gasteiger partial charge is 0.166 e. The van der Waals surface area contributed by atoms with Gasteiger partial charge in [-0.05, 0) is 37.3 Å².